The summed E-state index contributed by atoms with van der Waals surface area (Å²) in [5.41, 5.74) is 5.54. The molecule has 4 nitrogen and oxygen atoms in total. The summed E-state index contributed by atoms with van der Waals surface area (Å²) in [5.74, 6) is 0.485. The van der Waals surface area contributed by atoms with Gasteiger partial charge in [-0.1, -0.05) is 0 Å². The number of nitrogens with two attached hydrogens (primary N) is 1. The maximum absolute atomic E-state index is 11.1. The second-order valence-electron chi connectivity index (χ2n) is 2.63. The number of esters is 1. The zero-order valence-electron chi connectivity index (χ0n) is 7.86. The van der Waals surface area contributed by atoms with Crippen LogP contribution >= 0.6 is 11.8 Å². The third kappa shape index (κ3) is 6.86. The summed E-state index contributed by atoms with van der Waals surface area (Å²) in [6.07, 6.45) is 3.07. The summed E-state index contributed by atoms with van der Waals surface area (Å²) < 4.78 is 4.81. The summed E-state index contributed by atoms with van der Waals surface area (Å²) in [6, 6.07) is -0.522. The lowest BCUT2D eigenvalue weighted by Crippen LogP contribution is -2.33. The highest BCUT2D eigenvalue weighted by atomic mass is 32.2. The molecule has 0 saturated heterocycles. The molecular weight excluding hydrogens is 190 g/mol. The number of rotatable bonds is 7. The Morgan fingerprint density at radius 3 is 2.92 bits per heavy atom. The first-order valence-corrected chi connectivity index (χ1v) is 5.63. The Bertz CT molecular complexity index is 143. The van der Waals surface area contributed by atoms with E-state index < -0.39 is 6.04 Å². The van der Waals surface area contributed by atoms with E-state index in [0.29, 0.717) is 12.8 Å². The molecule has 1 atom stereocenters. The van der Waals surface area contributed by atoms with Crippen LogP contribution in [0.2, 0.25) is 0 Å². The van der Waals surface area contributed by atoms with Crippen LogP contribution in [0.5, 0.6) is 0 Å². The Hall–Kier alpha value is -0.260. The Kier molecular flexibility index (Phi) is 8.18. The minimum Gasteiger partial charge on any atom is -0.464 e. The third-order valence-corrected chi connectivity index (χ3v) is 2.13. The van der Waals surface area contributed by atoms with Crippen molar-refractivity contribution < 1.29 is 14.6 Å². The van der Waals surface area contributed by atoms with Gasteiger partial charge in [0.2, 0.25) is 0 Å². The third-order valence-electron chi connectivity index (χ3n) is 1.48. The number of carbonyl (C=O) groups excluding carboxylic acids is 1. The molecular formula is C8H17NO3S. The minimum absolute atomic E-state index is 0.0350. The molecule has 0 aliphatic rings. The molecule has 0 radical (unpaired) electrons. The number of aliphatic hydroxyl groups is 1. The maximum Gasteiger partial charge on any atom is 0.322 e. The largest absolute Gasteiger partial charge is 0.464 e. The monoisotopic (exact) mass is 207 g/mol. The molecule has 0 saturated carbocycles. The molecule has 5 heteroatoms. The van der Waals surface area contributed by atoms with Gasteiger partial charge in [0.1, 0.15) is 6.04 Å². The number of ether oxygens (including phenoxy) is 1. The van der Waals surface area contributed by atoms with Gasteiger partial charge in [0.25, 0.3) is 0 Å². The smallest absolute Gasteiger partial charge is 0.322 e. The molecule has 0 aromatic carbocycles. The summed E-state index contributed by atoms with van der Waals surface area (Å²) in [6.45, 7) is 0.287. The Morgan fingerprint density at radius 1 is 1.69 bits per heavy atom. The molecule has 0 aliphatic heterocycles. The topological polar surface area (TPSA) is 72.6 Å². The fourth-order valence-electron chi connectivity index (χ4n) is 0.707. The van der Waals surface area contributed by atoms with Crippen molar-refractivity contribution in [2.75, 3.05) is 25.2 Å². The first-order chi connectivity index (χ1) is 6.22. The van der Waals surface area contributed by atoms with Gasteiger partial charge in [0, 0.05) is 13.0 Å². The zero-order chi connectivity index (χ0) is 10.1. The lowest BCUT2D eigenvalue weighted by atomic mass is 10.2. The van der Waals surface area contributed by atoms with Crippen LogP contribution in [0, 0.1) is 0 Å². The van der Waals surface area contributed by atoms with E-state index in [0.717, 1.165) is 5.75 Å². The molecule has 0 spiro atoms. The fourth-order valence-corrected chi connectivity index (χ4v) is 1.20. The first kappa shape index (κ1) is 12.7. The van der Waals surface area contributed by atoms with Crippen LogP contribution in [0.4, 0.5) is 0 Å². The van der Waals surface area contributed by atoms with Crippen molar-refractivity contribution in [3.05, 3.63) is 0 Å². The lowest BCUT2D eigenvalue weighted by molar-refractivity contribution is -0.145. The minimum atomic E-state index is -0.522. The molecule has 0 amide bonds. The normalized spacial score (nSPS) is 12.5. The van der Waals surface area contributed by atoms with Crippen molar-refractivity contribution in [1.82, 2.24) is 0 Å². The number of hydrogen-bond donors (Lipinski definition) is 2. The summed E-state index contributed by atoms with van der Waals surface area (Å²) in [5, 5.41) is 8.43. The highest BCUT2D eigenvalue weighted by Gasteiger charge is 2.13. The number of hydrogen-bond acceptors (Lipinski definition) is 5. The van der Waals surface area contributed by atoms with Crippen LogP contribution in [0.1, 0.15) is 12.8 Å². The van der Waals surface area contributed by atoms with Gasteiger partial charge in [-0.25, -0.2) is 0 Å². The van der Waals surface area contributed by atoms with Gasteiger partial charge >= 0.3 is 5.97 Å². The SMILES string of the molecule is CSCC[C@H](N)C(=O)OCCCO. The molecule has 0 aromatic heterocycles. The van der Waals surface area contributed by atoms with E-state index >= 15 is 0 Å². The molecule has 0 rings (SSSR count). The molecule has 13 heavy (non-hydrogen) atoms. The summed E-state index contributed by atoms with van der Waals surface area (Å²) >= 11 is 1.65. The van der Waals surface area contributed by atoms with E-state index in [2.05, 4.69) is 0 Å². The number of aliphatic hydroxyl groups excluding tert-OH is 1. The molecule has 3 N–H and O–H groups in total. The van der Waals surface area contributed by atoms with Crippen molar-refractivity contribution in [2.24, 2.45) is 5.73 Å². The van der Waals surface area contributed by atoms with Gasteiger partial charge in [0.15, 0.2) is 0 Å². The van der Waals surface area contributed by atoms with E-state index in [4.69, 9.17) is 15.6 Å². The molecule has 0 fully saturated rings. The van der Waals surface area contributed by atoms with E-state index in [1.54, 1.807) is 11.8 Å². The van der Waals surface area contributed by atoms with Crippen LogP contribution in [0.25, 0.3) is 0 Å². The second-order valence-corrected chi connectivity index (χ2v) is 3.62. The van der Waals surface area contributed by atoms with Crippen molar-refractivity contribution in [3.8, 4) is 0 Å². The lowest BCUT2D eigenvalue weighted by Gasteiger charge is -2.09. The van der Waals surface area contributed by atoms with Gasteiger partial charge in [-0.3, -0.25) is 4.79 Å². The quantitative estimate of drug-likeness (QED) is 0.454. The summed E-state index contributed by atoms with van der Waals surface area (Å²) in [4.78, 5) is 11.1. The highest BCUT2D eigenvalue weighted by molar-refractivity contribution is 7.98. The van der Waals surface area contributed by atoms with E-state index in [1.165, 1.54) is 0 Å². The van der Waals surface area contributed by atoms with Crippen LogP contribution in [-0.2, 0) is 9.53 Å². The van der Waals surface area contributed by atoms with Crippen molar-refractivity contribution in [1.29, 1.82) is 0 Å². The van der Waals surface area contributed by atoms with Crippen LogP contribution in [0.3, 0.4) is 0 Å². The average molecular weight is 207 g/mol. The molecule has 0 aliphatic carbocycles. The Balaban J connectivity index is 3.45. The van der Waals surface area contributed by atoms with Crippen LogP contribution in [0.15, 0.2) is 0 Å². The molecule has 0 heterocycles. The van der Waals surface area contributed by atoms with Gasteiger partial charge in [-0.05, 0) is 18.4 Å². The molecule has 0 unspecified atom stereocenters. The standard InChI is InChI=1S/C8H17NO3S/c1-13-6-3-7(9)8(11)12-5-2-4-10/h7,10H,2-6,9H2,1H3/t7-/m0/s1. The van der Waals surface area contributed by atoms with Crippen molar-refractivity contribution >= 4 is 17.7 Å². The van der Waals surface area contributed by atoms with Gasteiger partial charge in [-0.2, -0.15) is 11.8 Å². The van der Waals surface area contributed by atoms with Crippen molar-refractivity contribution in [2.45, 2.75) is 18.9 Å². The maximum atomic E-state index is 11.1. The highest BCUT2D eigenvalue weighted by Crippen LogP contribution is 2.00. The second kappa shape index (κ2) is 8.34. The Labute approximate surface area is 82.8 Å². The molecule has 0 bridgehead atoms. The van der Waals surface area contributed by atoms with Gasteiger partial charge in [0.05, 0.1) is 6.61 Å². The van der Waals surface area contributed by atoms with E-state index in [9.17, 15) is 4.79 Å². The predicted octanol–water partition coefficient (Wildman–Crippen LogP) is -0.00760. The summed E-state index contributed by atoms with van der Waals surface area (Å²) in [7, 11) is 0. The number of carbonyl (C=O) groups is 1. The van der Waals surface area contributed by atoms with Gasteiger partial charge < -0.3 is 15.6 Å². The number of thioether (sulfide) groups is 1. The van der Waals surface area contributed by atoms with Gasteiger partial charge in [-0.15, -0.1) is 0 Å². The van der Waals surface area contributed by atoms with E-state index in [1.807, 2.05) is 6.26 Å². The van der Waals surface area contributed by atoms with E-state index in [-0.39, 0.29) is 19.2 Å². The molecule has 78 valence electrons. The molecule has 0 aromatic rings. The average Bonchev–Trinajstić information content (AvgIpc) is 2.14. The zero-order valence-corrected chi connectivity index (χ0v) is 8.68. The van der Waals surface area contributed by atoms with Crippen LogP contribution in [-0.4, -0.2) is 42.3 Å². The predicted molar refractivity (Wildman–Crippen MR) is 53.6 cm³/mol. The van der Waals surface area contributed by atoms with Crippen LogP contribution < -0.4 is 5.73 Å². The van der Waals surface area contributed by atoms with Crippen molar-refractivity contribution in [3.63, 3.8) is 0 Å². The Morgan fingerprint density at radius 2 is 2.38 bits per heavy atom. The fraction of sp³-hybridized carbons (Fsp3) is 0.875. The first-order valence-electron chi connectivity index (χ1n) is 4.24.